The van der Waals surface area contributed by atoms with E-state index in [1.165, 1.54) is 0 Å². The van der Waals surface area contributed by atoms with Crippen molar-refractivity contribution in [2.75, 3.05) is 0 Å². The van der Waals surface area contributed by atoms with Gasteiger partial charge in [-0.1, -0.05) is 17.7 Å². The smallest absolute Gasteiger partial charge is 0.258 e. The minimum absolute atomic E-state index is 0.103. The van der Waals surface area contributed by atoms with Crippen LogP contribution in [-0.2, 0) is 0 Å². The molecule has 0 saturated carbocycles. The van der Waals surface area contributed by atoms with Crippen LogP contribution in [0.3, 0.4) is 0 Å². The van der Waals surface area contributed by atoms with Crippen LogP contribution in [0.25, 0.3) is 10.8 Å². The first-order valence-electron chi connectivity index (χ1n) is 5.21. The van der Waals surface area contributed by atoms with Crippen LogP contribution in [0.2, 0.25) is 0 Å². The maximum absolute atomic E-state index is 12.1. The van der Waals surface area contributed by atoms with Gasteiger partial charge in [0.25, 0.3) is 5.56 Å². The van der Waals surface area contributed by atoms with Gasteiger partial charge >= 0.3 is 0 Å². The minimum atomic E-state index is 0.103. The molecule has 0 unspecified atom stereocenters. The molecule has 1 aromatic heterocycles. The van der Waals surface area contributed by atoms with Gasteiger partial charge in [-0.25, -0.2) is 0 Å². The standard InChI is InChI=1S/C13H15NO/c1-9(2)14-7-6-11-5-4-10(3)8-12(11)13(14)15/h4-9H,1-3H3. The summed E-state index contributed by atoms with van der Waals surface area (Å²) in [6.45, 7) is 6.04. The minimum Gasteiger partial charge on any atom is -0.312 e. The van der Waals surface area contributed by atoms with Crippen molar-refractivity contribution in [3.05, 3.63) is 46.4 Å². The zero-order valence-electron chi connectivity index (χ0n) is 9.32. The Morgan fingerprint density at radius 3 is 2.60 bits per heavy atom. The molecular weight excluding hydrogens is 186 g/mol. The van der Waals surface area contributed by atoms with Crippen LogP contribution < -0.4 is 5.56 Å². The highest BCUT2D eigenvalue weighted by Gasteiger charge is 2.04. The predicted octanol–water partition coefficient (Wildman–Crippen LogP) is 2.89. The largest absolute Gasteiger partial charge is 0.312 e. The molecule has 0 saturated heterocycles. The second kappa shape index (κ2) is 3.54. The van der Waals surface area contributed by atoms with Crippen LogP contribution in [0.1, 0.15) is 25.5 Å². The number of hydrogen-bond acceptors (Lipinski definition) is 1. The molecule has 15 heavy (non-hydrogen) atoms. The molecule has 0 radical (unpaired) electrons. The molecule has 0 aliphatic rings. The Labute approximate surface area is 89.2 Å². The summed E-state index contributed by atoms with van der Waals surface area (Å²) in [5.41, 5.74) is 1.23. The monoisotopic (exact) mass is 201 g/mol. The molecule has 2 heteroatoms. The van der Waals surface area contributed by atoms with Crippen molar-refractivity contribution in [2.24, 2.45) is 0 Å². The highest BCUT2D eigenvalue weighted by Crippen LogP contribution is 2.13. The molecule has 0 bridgehead atoms. The van der Waals surface area contributed by atoms with Crippen LogP contribution in [0.15, 0.2) is 35.3 Å². The summed E-state index contributed by atoms with van der Waals surface area (Å²) in [6.07, 6.45) is 1.87. The number of nitrogens with zero attached hydrogens (tertiary/aromatic N) is 1. The van der Waals surface area contributed by atoms with Gasteiger partial charge in [0.15, 0.2) is 0 Å². The van der Waals surface area contributed by atoms with Crippen molar-refractivity contribution in [2.45, 2.75) is 26.8 Å². The fraction of sp³-hybridized carbons (Fsp3) is 0.308. The van der Waals surface area contributed by atoms with E-state index in [0.717, 1.165) is 16.3 Å². The number of aromatic nitrogens is 1. The van der Waals surface area contributed by atoms with Gasteiger partial charge in [-0.3, -0.25) is 4.79 Å². The molecule has 0 fully saturated rings. The lowest BCUT2D eigenvalue weighted by Crippen LogP contribution is -2.21. The summed E-state index contributed by atoms with van der Waals surface area (Å²) < 4.78 is 1.77. The molecule has 0 spiro atoms. The van der Waals surface area contributed by atoms with E-state index in [1.807, 2.05) is 51.2 Å². The van der Waals surface area contributed by atoms with E-state index in [1.54, 1.807) is 4.57 Å². The van der Waals surface area contributed by atoms with Gasteiger partial charge in [0.05, 0.1) is 0 Å². The zero-order valence-corrected chi connectivity index (χ0v) is 9.32. The maximum atomic E-state index is 12.1. The van der Waals surface area contributed by atoms with Gasteiger partial charge < -0.3 is 4.57 Å². The Bertz CT molecular complexity index is 552. The normalized spacial score (nSPS) is 11.2. The number of aryl methyl sites for hydroxylation is 1. The quantitative estimate of drug-likeness (QED) is 0.695. The van der Waals surface area contributed by atoms with Gasteiger partial charge in [-0.2, -0.15) is 0 Å². The third-order valence-corrected chi connectivity index (χ3v) is 2.64. The topological polar surface area (TPSA) is 22.0 Å². The van der Waals surface area contributed by atoms with Crippen molar-refractivity contribution in [1.29, 1.82) is 0 Å². The summed E-state index contributed by atoms with van der Waals surface area (Å²) in [6, 6.07) is 8.19. The van der Waals surface area contributed by atoms with Gasteiger partial charge in [0, 0.05) is 17.6 Å². The predicted molar refractivity (Wildman–Crippen MR) is 63.3 cm³/mol. The van der Waals surface area contributed by atoms with E-state index >= 15 is 0 Å². The van der Waals surface area contributed by atoms with E-state index < -0.39 is 0 Å². The highest BCUT2D eigenvalue weighted by molar-refractivity contribution is 5.82. The van der Waals surface area contributed by atoms with Crippen LogP contribution in [0, 0.1) is 6.92 Å². The lowest BCUT2D eigenvalue weighted by atomic mass is 10.1. The average Bonchev–Trinajstić information content (AvgIpc) is 2.19. The number of rotatable bonds is 1. The second-order valence-corrected chi connectivity index (χ2v) is 4.21. The molecule has 2 aromatic rings. The third-order valence-electron chi connectivity index (χ3n) is 2.64. The first-order chi connectivity index (χ1) is 7.09. The maximum Gasteiger partial charge on any atom is 0.258 e. The van der Waals surface area contributed by atoms with Crippen molar-refractivity contribution >= 4 is 10.8 Å². The molecule has 0 aliphatic heterocycles. The second-order valence-electron chi connectivity index (χ2n) is 4.21. The fourth-order valence-electron chi connectivity index (χ4n) is 1.77. The molecular formula is C13H15NO. The average molecular weight is 201 g/mol. The summed E-state index contributed by atoms with van der Waals surface area (Å²) in [7, 11) is 0. The molecule has 0 N–H and O–H groups in total. The summed E-state index contributed by atoms with van der Waals surface area (Å²) >= 11 is 0. The zero-order chi connectivity index (χ0) is 11.0. The SMILES string of the molecule is Cc1ccc2ccn(C(C)C)c(=O)c2c1. The molecule has 1 aromatic carbocycles. The molecule has 2 nitrogen and oxygen atoms in total. The van der Waals surface area contributed by atoms with E-state index in [4.69, 9.17) is 0 Å². The molecule has 2 rings (SSSR count). The van der Waals surface area contributed by atoms with Crippen LogP contribution in [0.4, 0.5) is 0 Å². The lowest BCUT2D eigenvalue weighted by molar-refractivity contribution is 0.582. The molecule has 78 valence electrons. The van der Waals surface area contributed by atoms with Gasteiger partial charge in [-0.15, -0.1) is 0 Å². The number of benzene rings is 1. The van der Waals surface area contributed by atoms with Crippen molar-refractivity contribution in [3.63, 3.8) is 0 Å². The Hall–Kier alpha value is -1.57. The fourth-order valence-corrected chi connectivity index (χ4v) is 1.77. The van der Waals surface area contributed by atoms with Crippen LogP contribution in [0.5, 0.6) is 0 Å². The summed E-state index contributed by atoms with van der Waals surface area (Å²) in [5, 5.41) is 1.83. The van der Waals surface area contributed by atoms with Crippen molar-refractivity contribution < 1.29 is 0 Å². The van der Waals surface area contributed by atoms with Gasteiger partial charge in [0.1, 0.15) is 0 Å². The van der Waals surface area contributed by atoms with Gasteiger partial charge in [0.2, 0.25) is 0 Å². The highest BCUT2D eigenvalue weighted by atomic mass is 16.1. The first kappa shape index (κ1) is 9.97. The number of hydrogen-bond donors (Lipinski definition) is 0. The summed E-state index contributed by atoms with van der Waals surface area (Å²) in [5.74, 6) is 0. The Balaban J connectivity index is 2.83. The Morgan fingerprint density at radius 1 is 1.20 bits per heavy atom. The molecule has 0 atom stereocenters. The number of fused-ring (bicyclic) bond motifs is 1. The number of pyridine rings is 1. The molecule has 1 heterocycles. The first-order valence-corrected chi connectivity index (χ1v) is 5.21. The molecule has 0 aliphatic carbocycles. The Kier molecular flexibility index (Phi) is 2.35. The van der Waals surface area contributed by atoms with Crippen molar-refractivity contribution in [3.8, 4) is 0 Å². The van der Waals surface area contributed by atoms with Crippen molar-refractivity contribution in [1.82, 2.24) is 4.57 Å². The van der Waals surface area contributed by atoms with E-state index in [-0.39, 0.29) is 11.6 Å². The lowest BCUT2D eigenvalue weighted by Gasteiger charge is -2.10. The van der Waals surface area contributed by atoms with Crippen LogP contribution in [-0.4, -0.2) is 4.57 Å². The van der Waals surface area contributed by atoms with E-state index in [0.29, 0.717) is 0 Å². The van der Waals surface area contributed by atoms with E-state index in [9.17, 15) is 4.79 Å². The Morgan fingerprint density at radius 2 is 1.93 bits per heavy atom. The van der Waals surface area contributed by atoms with Crippen LogP contribution >= 0.6 is 0 Å². The van der Waals surface area contributed by atoms with Gasteiger partial charge in [-0.05, 0) is 38.3 Å². The van der Waals surface area contributed by atoms with E-state index in [2.05, 4.69) is 0 Å². The summed E-state index contributed by atoms with van der Waals surface area (Å²) in [4.78, 5) is 12.1. The molecule has 0 amide bonds. The third kappa shape index (κ3) is 1.67.